The lowest BCUT2D eigenvalue weighted by Gasteiger charge is -1.98. The zero-order valence-electron chi connectivity index (χ0n) is 10.0. The Morgan fingerprint density at radius 3 is 3.12 bits per heavy atom. The number of rotatable bonds is 0. The molecule has 0 spiro atoms. The van der Waals surface area contributed by atoms with Gasteiger partial charge in [0.05, 0.1) is 6.54 Å². The second-order valence-electron chi connectivity index (χ2n) is 4.22. The van der Waals surface area contributed by atoms with Crippen LogP contribution in [0.5, 0.6) is 0 Å². The monoisotopic (exact) mass is 231 g/mol. The molecule has 0 fully saturated rings. The smallest absolute Gasteiger partial charge is 0.171 e. The zero-order chi connectivity index (χ0) is 11.8. The number of pyridine rings is 1. The van der Waals surface area contributed by atoms with Crippen molar-refractivity contribution in [2.24, 2.45) is 10.4 Å². The molecule has 2 bridgehead atoms. The Morgan fingerprint density at radius 2 is 2.12 bits per heavy atom. The first kappa shape index (κ1) is 11.8. The summed E-state index contributed by atoms with van der Waals surface area (Å²) in [5, 5.41) is 8.01. The van der Waals surface area contributed by atoms with Crippen molar-refractivity contribution in [3.8, 4) is 0 Å². The normalized spacial score (nSPS) is 20.9. The van der Waals surface area contributed by atoms with E-state index in [0.29, 0.717) is 0 Å². The lowest BCUT2D eigenvalue weighted by molar-refractivity contribution is -0.686. The van der Waals surface area contributed by atoms with Crippen LogP contribution in [0.3, 0.4) is 0 Å². The molecular weight excluding hydrogens is 212 g/mol. The van der Waals surface area contributed by atoms with Crippen molar-refractivity contribution in [2.45, 2.75) is 32.1 Å². The number of allylic oxidation sites excluding steroid dienone is 1. The van der Waals surface area contributed by atoms with Crippen molar-refractivity contribution in [1.29, 1.82) is 0 Å². The van der Waals surface area contributed by atoms with Crippen LogP contribution in [0, 0.1) is 0 Å². The molecule has 17 heavy (non-hydrogen) atoms. The summed E-state index contributed by atoms with van der Waals surface area (Å²) in [5.74, 6) is 0. The van der Waals surface area contributed by atoms with Crippen molar-refractivity contribution >= 4 is 6.08 Å². The summed E-state index contributed by atoms with van der Waals surface area (Å²) in [5.41, 5.74) is 4.12. The Labute approximate surface area is 102 Å². The predicted octanol–water partition coefficient (Wildman–Crippen LogP) is 2.67. The summed E-state index contributed by atoms with van der Waals surface area (Å²) in [6.07, 6.45) is 14.4. The first-order valence-corrected chi connectivity index (χ1v) is 6.27. The molecule has 1 aliphatic heterocycles. The SMILES string of the molecule is C1=C\c2ccc[n+](c2)/N=N/NCCCCCC/1. The molecule has 0 amide bonds. The third kappa shape index (κ3) is 4.34. The van der Waals surface area contributed by atoms with Gasteiger partial charge in [0.2, 0.25) is 0 Å². The molecule has 0 saturated carbocycles. The summed E-state index contributed by atoms with van der Waals surface area (Å²) < 4.78 is 1.72. The van der Waals surface area contributed by atoms with Gasteiger partial charge in [-0.05, 0) is 31.4 Å². The highest BCUT2D eigenvalue weighted by Crippen LogP contribution is 2.06. The fourth-order valence-corrected chi connectivity index (χ4v) is 1.81. The minimum Gasteiger partial charge on any atom is -0.195 e. The van der Waals surface area contributed by atoms with E-state index >= 15 is 0 Å². The average Bonchev–Trinajstić information content (AvgIpc) is 2.36. The van der Waals surface area contributed by atoms with Gasteiger partial charge in [-0.25, -0.2) is 0 Å². The number of fused-ring (bicyclic) bond motifs is 2. The molecule has 0 aliphatic carbocycles. The Morgan fingerprint density at radius 1 is 1.18 bits per heavy atom. The molecule has 4 nitrogen and oxygen atoms in total. The quantitative estimate of drug-likeness (QED) is 0.685. The molecule has 2 heterocycles. The Kier molecular flexibility index (Phi) is 4.69. The van der Waals surface area contributed by atoms with Gasteiger partial charge in [-0.1, -0.05) is 25.0 Å². The first-order chi connectivity index (χ1) is 8.45. The van der Waals surface area contributed by atoms with E-state index < -0.39 is 0 Å². The molecule has 0 saturated heterocycles. The number of nitrogens with one attached hydrogen (secondary N) is 1. The minimum atomic E-state index is 0.902. The van der Waals surface area contributed by atoms with Crippen molar-refractivity contribution in [3.05, 3.63) is 36.2 Å². The first-order valence-electron chi connectivity index (χ1n) is 6.27. The maximum atomic E-state index is 4.06. The van der Waals surface area contributed by atoms with Gasteiger partial charge >= 0.3 is 0 Å². The molecule has 1 aromatic heterocycles. The van der Waals surface area contributed by atoms with Gasteiger partial charge in [0, 0.05) is 5.56 Å². The maximum absolute atomic E-state index is 4.06. The predicted molar refractivity (Wildman–Crippen MR) is 67.0 cm³/mol. The van der Waals surface area contributed by atoms with Crippen LogP contribution in [0.1, 0.15) is 37.7 Å². The molecule has 4 heteroatoms. The lowest BCUT2D eigenvalue weighted by Crippen LogP contribution is -2.26. The summed E-state index contributed by atoms with van der Waals surface area (Å²) >= 11 is 0. The van der Waals surface area contributed by atoms with Gasteiger partial charge in [0.25, 0.3) is 0 Å². The van der Waals surface area contributed by atoms with Crippen LogP contribution in [0.4, 0.5) is 0 Å². The van der Waals surface area contributed by atoms with Crippen LogP contribution in [-0.4, -0.2) is 6.54 Å². The molecule has 0 aromatic carbocycles. The highest BCUT2D eigenvalue weighted by atomic mass is 15.6. The van der Waals surface area contributed by atoms with Crippen molar-refractivity contribution in [3.63, 3.8) is 0 Å². The Balaban J connectivity index is 2.08. The van der Waals surface area contributed by atoms with Crippen LogP contribution in [0.2, 0.25) is 0 Å². The van der Waals surface area contributed by atoms with E-state index in [1.807, 2.05) is 18.5 Å². The fraction of sp³-hybridized carbons (Fsp3) is 0.462. The third-order valence-corrected chi connectivity index (χ3v) is 2.75. The van der Waals surface area contributed by atoms with Crippen LogP contribution < -0.4 is 10.1 Å². The van der Waals surface area contributed by atoms with Gasteiger partial charge < -0.3 is 0 Å². The Hall–Kier alpha value is -1.71. The van der Waals surface area contributed by atoms with Crippen LogP contribution in [0.25, 0.3) is 6.08 Å². The number of hydrogen-bond acceptors (Lipinski definition) is 3. The van der Waals surface area contributed by atoms with E-state index in [4.69, 9.17) is 0 Å². The standard InChI is InChI=1S/C13H19N4/c1-2-4-6-10-14-15-16-17-11-7-9-13(12-17)8-5-3-1/h5,7-9,11-12H,1-4,6,10H2,(H,14,16)/q+1/b8-5-. The molecular formula is C13H19N4+. The number of aromatic nitrogens is 1. The van der Waals surface area contributed by atoms with Crippen LogP contribution in [0.15, 0.2) is 41.0 Å². The highest BCUT2D eigenvalue weighted by molar-refractivity contribution is 5.46. The lowest BCUT2D eigenvalue weighted by atomic mass is 10.1. The van der Waals surface area contributed by atoms with Gasteiger partial charge in [0.1, 0.15) is 12.4 Å². The topological polar surface area (TPSA) is 40.6 Å². The molecule has 0 atom stereocenters. The van der Waals surface area contributed by atoms with E-state index in [2.05, 4.69) is 34.1 Å². The molecule has 1 aliphatic rings. The molecule has 0 unspecified atom stereocenters. The van der Waals surface area contributed by atoms with Gasteiger partial charge in [-0.2, -0.15) is 5.43 Å². The minimum absolute atomic E-state index is 0.902. The largest absolute Gasteiger partial charge is 0.195 e. The summed E-state index contributed by atoms with van der Waals surface area (Å²) in [7, 11) is 0. The van der Waals surface area contributed by atoms with Crippen molar-refractivity contribution in [1.82, 2.24) is 5.43 Å². The fourth-order valence-electron chi connectivity index (χ4n) is 1.81. The van der Waals surface area contributed by atoms with Crippen molar-refractivity contribution in [2.75, 3.05) is 6.54 Å². The molecule has 0 radical (unpaired) electrons. The van der Waals surface area contributed by atoms with Gasteiger partial charge in [0.15, 0.2) is 10.4 Å². The third-order valence-electron chi connectivity index (χ3n) is 2.75. The summed E-state index contributed by atoms with van der Waals surface area (Å²) in [4.78, 5) is 0. The molecule has 1 aromatic rings. The average molecular weight is 231 g/mol. The second-order valence-corrected chi connectivity index (χ2v) is 4.22. The van der Waals surface area contributed by atoms with E-state index in [1.165, 1.54) is 19.3 Å². The van der Waals surface area contributed by atoms with Crippen LogP contribution >= 0.6 is 0 Å². The Bertz CT molecular complexity index is 365. The van der Waals surface area contributed by atoms with Gasteiger partial charge in [-0.3, -0.25) is 0 Å². The second kappa shape index (κ2) is 6.78. The molecule has 1 N–H and O–H groups in total. The molecule has 2 rings (SSSR count). The molecule has 90 valence electrons. The van der Waals surface area contributed by atoms with E-state index in [-0.39, 0.29) is 0 Å². The highest BCUT2D eigenvalue weighted by Gasteiger charge is 1.97. The van der Waals surface area contributed by atoms with E-state index in [1.54, 1.807) is 4.68 Å². The zero-order valence-corrected chi connectivity index (χ0v) is 10.0. The number of hydrogen-bond donors (Lipinski definition) is 1. The van der Waals surface area contributed by atoms with E-state index in [0.717, 1.165) is 24.9 Å². The van der Waals surface area contributed by atoms with Gasteiger partial charge in [-0.15, -0.1) is 4.68 Å². The van der Waals surface area contributed by atoms with Crippen molar-refractivity contribution < 1.29 is 4.68 Å². The van der Waals surface area contributed by atoms with E-state index in [9.17, 15) is 0 Å². The maximum Gasteiger partial charge on any atom is 0.171 e. The summed E-state index contributed by atoms with van der Waals surface area (Å²) in [6, 6.07) is 4.05. The van der Waals surface area contributed by atoms with Crippen LogP contribution in [-0.2, 0) is 0 Å². The summed E-state index contributed by atoms with van der Waals surface area (Å²) in [6.45, 7) is 0.902. The number of nitrogens with zero attached hydrogens (tertiary/aromatic N) is 3.